The van der Waals surface area contributed by atoms with Crippen molar-refractivity contribution in [2.24, 2.45) is 17.1 Å². The molecule has 0 heterocycles. The van der Waals surface area contributed by atoms with E-state index < -0.39 is 18.1 Å². The lowest BCUT2D eigenvalue weighted by molar-refractivity contribution is -0.170. The lowest BCUT2D eigenvalue weighted by Gasteiger charge is -2.41. The molecule has 2 N–H and O–H groups in total. The van der Waals surface area contributed by atoms with Crippen LogP contribution >= 0.6 is 0 Å². The first kappa shape index (κ1) is 15.6. The van der Waals surface area contributed by atoms with E-state index in [1.807, 2.05) is 0 Å². The number of carbonyl (C=O) groups excluding carboxylic acids is 1. The summed E-state index contributed by atoms with van der Waals surface area (Å²) in [5, 5.41) is 0. The summed E-state index contributed by atoms with van der Waals surface area (Å²) < 4.78 is 38.1. The van der Waals surface area contributed by atoms with Crippen molar-refractivity contribution in [2.75, 3.05) is 13.1 Å². The topological polar surface area (TPSA) is 46.3 Å². The van der Waals surface area contributed by atoms with Crippen LogP contribution in [0.15, 0.2) is 0 Å². The number of rotatable bonds is 4. The minimum Gasteiger partial charge on any atom is -0.330 e. The van der Waals surface area contributed by atoms with Gasteiger partial charge in [0.15, 0.2) is 0 Å². The van der Waals surface area contributed by atoms with E-state index in [-0.39, 0.29) is 18.5 Å². The van der Waals surface area contributed by atoms with Crippen LogP contribution in [0.2, 0.25) is 0 Å². The Morgan fingerprint density at radius 1 is 1.25 bits per heavy atom. The van der Waals surface area contributed by atoms with Crippen LogP contribution in [0.25, 0.3) is 0 Å². The van der Waals surface area contributed by atoms with Crippen LogP contribution in [-0.4, -0.2) is 36.1 Å². The van der Waals surface area contributed by atoms with Crippen LogP contribution in [-0.2, 0) is 4.79 Å². The Kier molecular flexibility index (Phi) is 4.33. The van der Waals surface area contributed by atoms with Gasteiger partial charge in [-0.15, -0.1) is 0 Å². The summed E-state index contributed by atoms with van der Waals surface area (Å²) in [6.07, 6.45) is -0.0101. The van der Waals surface area contributed by atoms with Gasteiger partial charge in [0.1, 0.15) is 6.54 Å². The third kappa shape index (κ3) is 3.45. The minimum absolute atomic E-state index is 0.152. The zero-order valence-electron chi connectivity index (χ0n) is 11.9. The second kappa shape index (κ2) is 5.54. The maximum atomic E-state index is 12.7. The predicted octanol–water partition coefficient (Wildman–Crippen LogP) is 2.69. The highest BCUT2D eigenvalue weighted by atomic mass is 19.4. The SMILES string of the molecule is CC1CCC(CN)(C(=O)N(CC(F)(F)F)C2CC2)CC1. The number of amides is 1. The average Bonchev–Trinajstić information content (AvgIpc) is 3.20. The van der Waals surface area contributed by atoms with Crippen molar-refractivity contribution in [3.63, 3.8) is 0 Å². The smallest absolute Gasteiger partial charge is 0.330 e. The number of alkyl halides is 3. The fourth-order valence-corrected chi connectivity index (χ4v) is 3.07. The van der Waals surface area contributed by atoms with Crippen molar-refractivity contribution in [1.82, 2.24) is 4.90 Å². The molecule has 0 saturated heterocycles. The van der Waals surface area contributed by atoms with E-state index in [0.29, 0.717) is 31.6 Å². The summed E-state index contributed by atoms with van der Waals surface area (Å²) in [6, 6.07) is -0.230. The molecule has 0 aliphatic heterocycles. The monoisotopic (exact) mass is 292 g/mol. The van der Waals surface area contributed by atoms with E-state index in [1.54, 1.807) is 0 Å². The first-order valence-corrected chi connectivity index (χ1v) is 7.35. The predicted molar refractivity (Wildman–Crippen MR) is 69.9 cm³/mol. The summed E-state index contributed by atoms with van der Waals surface area (Å²) >= 11 is 0. The third-order valence-electron chi connectivity index (χ3n) is 4.67. The second-order valence-electron chi connectivity index (χ2n) is 6.45. The molecule has 2 rings (SSSR count). The number of hydrogen-bond acceptors (Lipinski definition) is 2. The summed E-state index contributed by atoms with van der Waals surface area (Å²) in [7, 11) is 0. The largest absolute Gasteiger partial charge is 0.406 e. The van der Waals surface area contributed by atoms with Crippen LogP contribution in [0.4, 0.5) is 13.2 Å². The Hall–Kier alpha value is -0.780. The normalized spacial score (nSPS) is 31.1. The number of hydrogen-bond donors (Lipinski definition) is 1. The van der Waals surface area contributed by atoms with Crippen LogP contribution in [0.5, 0.6) is 0 Å². The number of halogens is 3. The minimum atomic E-state index is -4.34. The molecule has 6 heteroatoms. The van der Waals surface area contributed by atoms with Crippen molar-refractivity contribution in [3.8, 4) is 0 Å². The molecule has 2 saturated carbocycles. The number of nitrogens with two attached hydrogens (primary N) is 1. The standard InChI is InChI=1S/C14H23F3N2O/c1-10-4-6-13(8-18,7-5-10)12(20)19(11-2-3-11)9-14(15,16)17/h10-11H,2-9,18H2,1H3. The Labute approximate surface area is 117 Å². The summed E-state index contributed by atoms with van der Waals surface area (Å²) in [4.78, 5) is 13.7. The Morgan fingerprint density at radius 3 is 2.20 bits per heavy atom. The van der Waals surface area contributed by atoms with Gasteiger partial charge in [0.05, 0.1) is 5.41 Å². The molecule has 2 fully saturated rings. The van der Waals surface area contributed by atoms with E-state index in [9.17, 15) is 18.0 Å². The molecule has 0 spiro atoms. The van der Waals surface area contributed by atoms with Crippen molar-refractivity contribution >= 4 is 5.91 Å². The van der Waals surface area contributed by atoms with E-state index in [4.69, 9.17) is 5.73 Å². The number of nitrogens with zero attached hydrogens (tertiary/aromatic N) is 1. The van der Waals surface area contributed by atoms with Gasteiger partial charge in [-0.05, 0) is 44.4 Å². The van der Waals surface area contributed by atoms with E-state index >= 15 is 0 Å². The Morgan fingerprint density at radius 2 is 1.80 bits per heavy atom. The summed E-state index contributed by atoms with van der Waals surface area (Å²) in [6.45, 7) is 1.13. The molecule has 0 bridgehead atoms. The highest BCUT2D eigenvalue weighted by molar-refractivity contribution is 5.83. The second-order valence-corrected chi connectivity index (χ2v) is 6.45. The van der Waals surface area contributed by atoms with Gasteiger partial charge in [0.2, 0.25) is 5.91 Å². The zero-order valence-corrected chi connectivity index (χ0v) is 11.9. The van der Waals surface area contributed by atoms with Crippen LogP contribution < -0.4 is 5.73 Å². The average molecular weight is 292 g/mol. The maximum Gasteiger partial charge on any atom is 0.406 e. The van der Waals surface area contributed by atoms with Gasteiger partial charge < -0.3 is 10.6 Å². The molecular weight excluding hydrogens is 269 g/mol. The molecule has 0 radical (unpaired) electrons. The van der Waals surface area contributed by atoms with Gasteiger partial charge in [0.25, 0.3) is 0 Å². The fraction of sp³-hybridized carbons (Fsp3) is 0.929. The van der Waals surface area contributed by atoms with Gasteiger partial charge in [-0.2, -0.15) is 13.2 Å². The van der Waals surface area contributed by atoms with Crippen molar-refractivity contribution in [3.05, 3.63) is 0 Å². The van der Waals surface area contributed by atoms with E-state index in [0.717, 1.165) is 17.7 Å². The van der Waals surface area contributed by atoms with Crippen LogP contribution in [0.3, 0.4) is 0 Å². The number of carbonyl (C=O) groups is 1. The molecule has 0 aromatic carbocycles. The molecular formula is C14H23F3N2O. The first-order valence-electron chi connectivity index (χ1n) is 7.35. The lowest BCUT2D eigenvalue weighted by Crippen LogP contribution is -2.52. The van der Waals surface area contributed by atoms with Crippen molar-refractivity contribution in [2.45, 2.75) is 57.7 Å². The summed E-state index contributed by atoms with van der Waals surface area (Å²) in [5.41, 5.74) is 5.01. The fourth-order valence-electron chi connectivity index (χ4n) is 3.07. The first-order chi connectivity index (χ1) is 9.27. The van der Waals surface area contributed by atoms with Gasteiger partial charge >= 0.3 is 6.18 Å². The maximum absolute atomic E-state index is 12.7. The van der Waals surface area contributed by atoms with E-state index in [2.05, 4.69) is 6.92 Å². The zero-order chi connectivity index (χ0) is 15.0. The molecule has 1 amide bonds. The molecule has 2 aliphatic carbocycles. The van der Waals surface area contributed by atoms with Gasteiger partial charge in [0, 0.05) is 12.6 Å². The lowest BCUT2D eigenvalue weighted by atomic mass is 9.70. The molecule has 2 aliphatic rings. The van der Waals surface area contributed by atoms with Crippen molar-refractivity contribution < 1.29 is 18.0 Å². The molecule has 20 heavy (non-hydrogen) atoms. The Bertz CT molecular complexity index is 358. The molecule has 3 nitrogen and oxygen atoms in total. The Balaban J connectivity index is 2.12. The van der Waals surface area contributed by atoms with E-state index in [1.165, 1.54) is 0 Å². The molecule has 0 unspecified atom stereocenters. The summed E-state index contributed by atoms with van der Waals surface area (Å²) in [5.74, 6) is 0.159. The molecule has 0 aromatic heterocycles. The van der Waals surface area contributed by atoms with Gasteiger partial charge in [-0.25, -0.2) is 0 Å². The van der Waals surface area contributed by atoms with Crippen LogP contribution in [0, 0.1) is 11.3 Å². The highest BCUT2D eigenvalue weighted by Crippen LogP contribution is 2.42. The van der Waals surface area contributed by atoms with Gasteiger partial charge in [-0.3, -0.25) is 4.79 Å². The molecule has 0 atom stereocenters. The third-order valence-corrected chi connectivity index (χ3v) is 4.67. The quantitative estimate of drug-likeness (QED) is 0.866. The van der Waals surface area contributed by atoms with Crippen LogP contribution in [0.1, 0.15) is 45.4 Å². The molecule has 0 aromatic rings. The van der Waals surface area contributed by atoms with Crippen molar-refractivity contribution in [1.29, 1.82) is 0 Å². The highest BCUT2D eigenvalue weighted by Gasteiger charge is 2.48. The molecule has 116 valence electrons. The van der Waals surface area contributed by atoms with Gasteiger partial charge in [-0.1, -0.05) is 6.92 Å².